The molecule has 15 heavy (non-hydrogen) atoms. The van der Waals surface area contributed by atoms with E-state index in [1.807, 2.05) is 0 Å². The number of nitrogens with zero attached hydrogens (tertiary/aromatic N) is 3. The van der Waals surface area contributed by atoms with E-state index in [9.17, 15) is 5.11 Å². The van der Waals surface area contributed by atoms with Crippen LogP contribution in [0, 0.1) is 0 Å². The van der Waals surface area contributed by atoms with Gasteiger partial charge in [-0.25, -0.2) is 9.97 Å². The molecule has 0 aromatic carbocycles. The molecule has 6 heteroatoms. The Labute approximate surface area is 86.0 Å². The highest BCUT2D eigenvalue weighted by molar-refractivity contribution is 5.84. The number of fused-ring (bicyclic) bond motifs is 1. The Hall–Kier alpha value is -1.66. The maximum absolute atomic E-state index is 9.31. The summed E-state index contributed by atoms with van der Waals surface area (Å²) in [5.41, 5.74) is 7.05. The lowest BCUT2D eigenvalue weighted by atomic mass is 10.3. The summed E-state index contributed by atoms with van der Waals surface area (Å²) < 4.78 is 1.73. The van der Waals surface area contributed by atoms with Crippen LogP contribution in [0.3, 0.4) is 0 Å². The molecule has 0 spiro atoms. The summed E-state index contributed by atoms with van der Waals surface area (Å²) in [5, 5.41) is 18.1. The number of hydrogen-bond donors (Lipinski definition) is 3. The second-order valence-electron chi connectivity index (χ2n) is 3.30. The van der Waals surface area contributed by atoms with Crippen molar-refractivity contribution < 1.29 is 10.2 Å². The first-order chi connectivity index (χ1) is 7.22. The van der Waals surface area contributed by atoms with E-state index in [0.29, 0.717) is 11.3 Å². The summed E-state index contributed by atoms with van der Waals surface area (Å²) in [4.78, 5) is 8.00. The topological polar surface area (TPSA) is 97.2 Å². The van der Waals surface area contributed by atoms with Crippen LogP contribution in [0.4, 0.5) is 5.82 Å². The van der Waals surface area contributed by atoms with Crippen LogP contribution in [0.15, 0.2) is 18.6 Å². The SMILES string of the molecule is Nc1nccc2c1ncn2C[C@H](O)CO. The van der Waals surface area contributed by atoms with Crippen LogP contribution < -0.4 is 5.73 Å². The first-order valence-electron chi connectivity index (χ1n) is 4.56. The molecule has 2 heterocycles. The number of nitrogens with two attached hydrogens (primary N) is 1. The van der Waals surface area contributed by atoms with Crippen molar-refractivity contribution in [3.05, 3.63) is 18.6 Å². The Balaban J connectivity index is 2.41. The first-order valence-corrected chi connectivity index (χ1v) is 4.56. The molecule has 0 saturated carbocycles. The third-order valence-corrected chi connectivity index (χ3v) is 2.19. The van der Waals surface area contributed by atoms with E-state index in [4.69, 9.17) is 10.8 Å². The molecule has 0 bridgehead atoms. The molecular weight excluding hydrogens is 196 g/mol. The predicted octanol–water partition coefficient (Wildman–Crippen LogP) is -0.633. The quantitative estimate of drug-likeness (QED) is 0.623. The van der Waals surface area contributed by atoms with Gasteiger partial charge in [0.15, 0.2) is 5.82 Å². The van der Waals surface area contributed by atoms with Gasteiger partial charge in [-0.3, -0.25) is 0 Å². The van der Waals surface area contributed by atoms with Crippen molar-refractivity contribution in [3.8, 4) is 0 Å². The van der Waals surface area contributed by atoms with E-state index in [1.165, 1.54) is 0 Å². The maximum Gasteiger partial charge on any atom is 0.151 e. The zero-order valence-corrected chi connectivity index (χ0v) is 8.04. The Morgan fingerprint density at radius 1 is 1.47 bits per heavy atom. The molecule has 4 N–H and O–H groups in total. The number of hydrogen-bond acceptors (Lipinski definition) is 5. The molecule has 2 aromatic heterocycles. The zero-order valence-electron chi connectivity index (χ0n) is 8.04. The van der Waals surface area contributed by atoms with Crippen LogP contribution in [0.5, 0.6) is 0 Å². The molecule has 0 aliphatic carbocycles. The molecule has 0 saturated heterocycles. The van der Waals surface area contributed by atoms with Crippen LogP contribution >= 0.6 is 0 Å². The Morgan fingerprint density at radius 2 is 2.27 bits per heavy atom. The Morgan fingerprint density at radius 3 is 3.00 bits per heavy atom. The largest absolute Gasteiger partial charge is 0.394 e. The van der Waals surface area contributed by atoms with Gasteiger partial charge in [-0.05, 0) is 6.07 Å². The molecule has 0 amide bonds. The standard InChI is InChI=1S/C9H12N4O2/c10-9-8-7(1-2-11-9)13(5-12-8)3-6(15)4-14/h1-2,5-6,14-15H,3-4H2,(H2,10,11)/t6-/m0/s1. The van der Waals surface area contributed by atoms with E-state index in [0.717, 1.165) is 5.52 Å². The highest BCUT2D eigenvalue weighted by atomic mass is 16.3. The van der Waals surface area contributed by atoms with Gasteiger partial charge >= 0.3 is 0 Å². The lowest BCUT2D eigenvalue weighted by Crippen LogP contribution is -2.19. The van der Waals surface area contributed by atoms with E-state index < -0.39 is 6.10 Å². The van der Waals surface area contributed by atoms with Gasteiger partial charge in [0.05, 0.1) is 31.1 Å². The van der Waals surface area contributed by atoms with Gasteiger partial charge < -0.3 is 20.5 Å². The minimum absolute atomic E-state index is 0.278. The average molecular weight is 208 g/mol. The maximum atomic E-state index is 9.31. The molecule has 0 aliphatic rings. The van der Waals surface area contributed by atoms with Crippen molar-refractivity contribution >= 4 is 16.9 Å². The second kappa shape index (κ2) is 3.84. The lowest BCUT2D eigenvalue weighted by molar-refractivity contribution is 0.0821. The van der Waals surface area contributed by atoms with E-state index >= 15 is 0 Å². The highest BCUT2D eigenvalue weighted by Crippen LogP contribution is 2.16. The van der Waals surface area contributed by atoms with Gasteiger partial charge in [0.1, 0.15) is 5.52 Å². The van der Waals surface area contributed by atoms with Crippen molar-refractivity contribution in [1.82, 2.24) is 14.5 Å². The number of nitrogen functional groups attached to an aromatic ring is 1. The van der Waals surface area contributed by atoms with Crippen molar-refractivity contribution in [2.24, 2.45) is 0 Å². The van der Waals surface area contributed by atoms with Crippen molar-refractivity contribution in [3.63, 3.8) is 0 Å². The smallest absolute Gasteiger partial charge is 0.151 e. The van der Waals surface area contributed by atoms with Crippen molar-refractivity contribution in [1.29, 1.82) is 0 Å². The second-order valence-corrected chi connectivity index (χ2v) is 3.30. The Bertz CT molecular complexity index is 468. The summed E-state index contributed by atoms with van der Waals surface area (Å²) in [6.45, 7) is 0.0106. The third-order valence-electron chi connectivity index (χ3n) is 2.19. The number of anilines is 1. The molecule has 80 valence electrons. The lowest BCUT2D eigenvalue weighted by Gasteiger charge is -2.08. The van der Waals surface area contributed by atoms with Gasteiger partial charge in [-0.15, -0.1) is 0 Å². The first kappa shape index (κ1) is 9.88. The number of imidazole rings is 1. The van der Waals surface area contributed by atoms with Gasteiger partial charge in [-0.1, -0.05) is 0 Å². The molecule has 0 radical (unpaired) electrons. The van der Waals surface area contributed by atoms with Crippen LogP contribution in [-0.4, -0.2) is 37.5 Å². The average Bonchev–Trinajstić information content (AvgIpc) is 2.63. The van der Waals surface area contributed by atoms with Gasteiger partial charge in [0.25, 0.3) is 0 Å². The van der Waals surface area contributed by atoms with Gasteiger partial charge in [0.2, 0.25) is 0 Å². The number of aromatic nitrogens is 3. The number of aliphatic hydroxyl groups excluding tert-OH is 2. The number of pyridine rings is 1. The number of aliphatic hydroxyl groups is 2. The zero-order chi connectivity index (χ0) is 10.8. The molecule has 0 aliphatic heterocycles. The fourth-order valence-electron chi connectivity index (χ4n) is 1.44. The van der Waals surface area contributed by atoms with Crippen molar-refractivity contribution in [2.75, 3.05) is 12.3 Å². The normalized spacial score (nSPS) is 13.2. The fourth-order valence-corrected chi connectivity index (χ4v) is 1.44. The van der Waals surface area contributed by atoms with Gasteiger partial charge in [-0.2, -0.15) is 0 Å². The van der Waals surface area contributed by atoms with Crippen LogP contribution in [-0.2, 0) is 6.54 Å². The summed E-state index contributed by atoms with van der Waals surface area (Å²) >= 11 is 0. The van der Waals surface area contributed by atoms with Gasteiger partial charge in [0, 0.05) is 6.20 Å². The number of rotatable bonds is 3. The molecule has 2 aromatic rings. The molecule has 0 fully saturated rings. The summed E-state index contributed by atoms with van der Waals surface area (Å²) in [5.74, 6) is 0.365. The van der Waals surface area contributed by atoms with Crippen molar-refractivity contribution in [2.45, 2.75) is 12.6 Å². The van der Waals surface area contributed by atoms with Crippen LogP contribution in [0.1, 0.15) is 0 Å². The highest BCUT2D eigenvalue weighted by Gasteiger charge is 2.09. The third kappa shape index (κ3) is 1.77. The molecule has 1 atom stereocenters. The summed E-state index contributed by atoms with van der Waals surface area (Å²) in [7, 11) is 0. The van der Waals surface area contributed by atoms with E-state index in [-0.39, 0.29) is 13.2 Å². The monoisotopic (exact) mass is 208 g/mol. The minimum atomic E-state index is -0.795. The van der Waals surface area contributed by atoms with E-state index in [1.54, 1.807) is 23.2 Å². The van der Waals surface area contributed by atoms with E-state index in [2.05, 4.69) is 9.97 Å². The molecule has 0 unspecified atom stereocenters. The fraction of sp³-hybridized carbons (Fsp3) is 0.333. The van der Waals surface area contributed by atoms with Crippen LogP contribution in [0.25, 0.3) is 11.0 Å². The summed E-state index contributed by atoms with van der Waals surface area (Å²) in [6.07, 6.45) is 2.36. The molecular formula is C9H12N4O2. The Kier molecular flexibility index (Phi) is 2.53. The van der Waals surface area contributed by atoms with Crippen LogP contribution in [0.2, 0.25) is 0 Å². The predicted molar refractivity (Wildman–Crippen MR) is 55.0 cm³/mol. The minimum Gasteiger partial charge on any atom is -0.394 e. The molecule has 6 nitrogen and oxygen atoms in total. The summed E-state index contributed by atoms with van der Waals surface area (Å²) in [6, 6.07) is 1.77. The molecule has 2 rings (SSSR count).